The molecule has 2 aromatic carbocycles. The van der Waals surface area contributed by atoms with E-state index in [0.29, 0.717) is 31.0 Å². The summed E-state index contributed by atoms with van der Waals surface area (Å²) in [5.41, 5.74) is 1.07. The van der Waals surface area contributed by atoms with Crippen LogP contribution in [0.25, 0.3) is 0 Å². The van der Waals surface area contributed by atoms with Gasteiger partial charge in [-0.05, 0) is 58.6 Å². The van der Waals surface area contributed by atoms with Crippen molar-refractivity contribution in [3.8, 4) is 17.2 Å². The molecule has 0 saturated carbocycles. The van der Waals surface area contributed by atoms with Crippen LogP contribution in [0, 0.1) is 0 Å². The van der Waals surface area contributed by atoms with E-state index in [1.54, 1.807) is 18.2 Å². The number of para-hydroxylation sites is 1. The first-order chi connectivity index (χ1) is 13.5. The first kappa shape index (κ1) is 18.6. The lowest BCUT2D eigenvalue weighted by molar-refractivity contribution is -0.125. The minimum absolute atomic E-state index is 0.0798. The molecule has 2 N–H and O–H groups in total. The summed E-state index contributed by atoms with van der Waals surface area (Å²) in [7, 11) is 0. The predicted molar refractivity (Wildman–Crippen MR) is 104 cm³/mol. The SMILES string of the molecule is O=C(NCc1cc(Br)c2c(c1)OCO2)[C@@H]1CCCN1C(=O)c1ccccc1O. The Balaban J connectivity index is 1.44. The third kappa shape index (κ3) is 3.52. The van der Waals surface area contributed by atoms with Gasteiger partial charge in [0.2, 0.25) is 12.7 Å². The van der Waals surface area contributed by atoms with E-state index in [2.05, 4.69) is 21.2 Å². The van der Waals surface area contributed by atoms with Gasteiger partial charge in [-0.25, -0.2) is 0 Å². The Morgan fingerprint density at radius 2 is 2.07 bits per heavy atom. The van der Waals surface area contributed by atoms with Crippen molar-refractivity contribution in [3.05, 3.63) is 52.0 Å². The average molecular weight is 447 g/mol. The second kappa shape index (κ2) is 7.71. The summed E-state index contributed by atoms with van der Waals surface area (Å²) in [6.45, 7) is 0.971. The third-order valence-corrected chi connectivity index (χ3v) is 5.49. The molecule has 1 atom stereocenters. The van der Waals surface area contributed by atoms with Gasteiger partial charge < -0.3 is 24.8 Å². The van der Waals surface area contributed by atoms with Gasteiger partial charge in [-0.15, -0.1) is 0 Å². The number of benzene rings is 2. The maximum absolute atomic E-state index is 12.8. The lowest BCUT2D eigenvalue weighted by atomic mass is 10.1. The smallest absolute Gasteiger partial charge is 0.258 e. The number of carbonyl (C=O) groups is 2. The number of hydrogen-bond acceptors (Lipinski definition) is 5. The average Bonchev–Trinajstić information content (AvgIpc) is 3.35. The standard InChI is InChI=1S/C20H19BrN2O5/c21-14-8-12(9-17-18(14)28-11-27-17)10-22-19(25)15-5-3-7-23(15)20(26)13-4-1-2-6-16(13)24/h1-2,4,6,8-9,15,24H,3,5,7,10-11H2,(H,22,25)/t15-/m0/s1. The number of ether oxygens (including phenoxy) is 2. The van der Waals surface area contributed by atoms with Crippen LogP contribution in [0.2, 0.25) is 0 Å². The molecule has 4 rings (SSSR count). The van der Waals surface area contributed by atoms with E-state index in [9.17, 15) is 14.7 Å². The number of likely N-dealkylation sites (tertiary alicyclic amines) is 1. The number of rotatable bonds is 4. The summed E-state index contributed by atoms with van der Waals surface area (Å²) in [6.07, 6.45) is 1.34. The zero-order valence-corrected chi connectivity index (χ0v) is 16.6. The number of carbonyl (C=O) groups excluding carboxylic acids is 2. The Hall–Kier alpha value is -2.74. The molecule has 0 unspecified atom stereocenters. The van der Waals surface area contributed by atoms with E-state index >= 15 is 0 Å². The number of phenols is 1. The number of hydrogen-bond donors (Lipinski definition) is 2. The molecule has 7 nitrogen and oxygen atoms in total. The van der Waals surface area contributed by atoms with Gasteiger partial charge in [0, 0.05) is 13.1 Å². The number of phenolic OH excluding ortho intramolecular Hbond substituents is 1. The van der Waals surface area contributed by atoms with Gasteiger partial charge in [-0.3, -0.25) is 9.59 Å². The number of amides is 2. The van der Waals surface area contributed by atoms with Crippen molar-refractivity contribution in [2.75, 3.05) is 13.3 Å². The first-order valence-corrected chi connectivity index (χ1v) is 9.78. The van der Waals surface area contributed by atoms with Crippen molar-refractivity contribution in [1.82, 2.24) is 10.2 Å². The molecule has 1 fully saturated rings. The molecule has 146 valence electrons. The van der Waals surface area contributed by atoms with Gasteiger partial charge in [0.25, 0.3) is 5.91 Å². The van der Waals surface area contributed by atoms with Crippen molar-refractivity contribution in [2.24, 2.45) is 0 Å². The second-order valence-electron chi connectivity index (χ2n) is 6.70. The fraction of sp³-hybridized carbons (Fsp3) is 0.300. The van der Waals surface area contributed by atoms with Crippen molar-refractivity contribution in [1.29, 1.82) is 0 Å². The summed E-state index contributed by atoms with van der Waals surface area (Å²) in [5, 5.41) is 12.8. The molecule has 0 aliphatic carbocycles. The molecule has 8 heteroatoms. The van der Waals surface area contributed by atoms with Crippen LogP contribution < -0.4 is 14.8 Å². The predicted octanol–water partition coefficient (Wildman–Crippen LogP) is 2.80. The molecule has 2 aromatic rings. The molecule has 0 bridgehead atoms. The lowest BCUT2D eigenvalue weighted by Crippen LogP contribution is -2.45. The quantitative estimate of drug-likeness (QED) is 0.753. The van der Waals surface area contributed by atoms with Crippen molar-refractivity contribution >= 4 is 27.7 Å². The first-order valence-electron chi connectivity index (χ1n) is 8.99. The fourth-order valence-electron chi connectivity index (χ4n) is 3.52. The highest BCUT2D eigenvalue weighted by Gasteiger charge is 2.35. The van der Waals surface area contributed by atoms with Gasteiger partial charge in [-0.1, -0.05) is 12.1 Å². The summed E-state index contributed by atoms with van der Waals surface area (Å²) in [6, 6.07) is 9.52. The van der Waals surface area contributed by atoms with Crippen LogP contribution in [0.4, 0.5) is 0 Å². The van der Waals surface area contributed by atoms with Crippen LogP contribution in [-0.4, -0.2) is 41.2 Å². The largest absolute Gasteiger partial charge is 0.507 e. The Labute approximate surface area is 170 Å². The maximum atomic E-state index is 12.8. The molecular formula is C20H19BrN2O5. The Bertz CT molecular complexity index is 933. The van der Waals surface area contributed by atoms with Crippen molar-refractivity contribution in [2.45, 2.75) is 25.4 Å². The highest BCUT2D eigenvalue weighted by molar-refractivity contribution is 9.10. The number of halogens is 1. The summed E-state index contributed by atoms with van der Waals surface area (Å²) in [5.74, 6) is 0.668. The lowest BCUT2D eigenvalue weighted by Gasteiger charge is -2.24. The van der Waals surface area contributed by atoms with Crippen LogP contribution in [0.15, 0.2) is 40.9 Å². The highest BCUT2D eigenvalue weighted by Crippen LogP contribution is 2.40. The number of nitrogens with zero attached hydrogens (tertiary/aromatic N) is 1. The summed E-state index contributed by atoms with van der Waals surface area (Å²) in [4.78, 5) is 27.0. The molecule has 28 heavy (non-hydrogen) atoms. The van der Waals surface area contributed by atoms with E-state index in [-0.39, 0.29) is 29.9 Å². The monoisotopic (exact) mass is 446 g/mol. The number of nitrogens with one attached hydrogen (secondary N) is 1. The maximum Gasteiger partial charge on any atom is 0.258 e. The molecule has 1 saturated heterocycles. The molecule has 2 amide bonds. The van der Waals surface area contributed by atoms with E-state index in [1.165, 1.54) is 11.0 Å². The molecular weight excluding hydrogens is 428 g/mol. The van der Waals surface area contributed by atoms with Gasteiger partial charge >= 0.3 is 0 Å². The van der Waals surface area contributed by atoms with Crippen LogP contribution in [0.1, 0.15) is 28.8 Å². The van der Waals surface area contributed by atoms with Crippen LogP contribution in [0.5, 0.6) is 17.2 Å². The number of aromatic hydroxyl groups is 1. The molecule has 2 aliphatic rings. The normalized spacial score (nSPS) is 17.6. The zero-order valence-electron chi connectivity index (χ0n) is 15.0. The zero-order chi connectivity index (χ0) is 19.7. The number of fused-ring (bicyclic) bond motifs is 1. The van der Waals surface area contributed by atoms with E-state index < -0.39 is 6.04 Å². The molecule has 2 heterocycles. The van der Waals surface area contributed by atoms with E-state index in [0.717, 1.165) is 16.5 Å². The molecule has 0 aromatic heterocycles. The van der Waals surface area contributed by atoms with E-state index in [1.807, 2.05) is 12.1 Å². The van der Waals surface area contributed by atoms with Crippen LogP contribution in [-0.2, 0) is 11.3 Å². The minimum atomic E-state index is -0.551. The highest BCUT2D eigenvalue weighted by atomic mass is 79.9. The summed E-state index contributed by atoms with van der Waals surface area (Å²) >= 11 is 3.44. The molecule has 0 radical (unpaired) electrons. The Morgan fingerprint density at radius 1 is 1.25 bits per heavy atom. The van der Waals surface area contributed by atoms with Crippen molar-refractivity contribution < 1.29 is 24.2 Å². The van der Waals surface area contributed by atoms with Crippen LogP contribution in [0.3, 0.4) is 0 Å². The second-order valence-corrected chi connectivity index (χ2v) is 7.56. The van der Waals surface area contributed by atoms with Gasteiger partial charge in [0.05, 0.1) is 10.0 Å². The topological polar surface area (TPSA) is 88.1 Å². The molecule has 2 aliphatic heterocycles. The van der Waals surface area contributed by atoms with Crippen LogP contribution >= 0.6 is 15.9 Å². The Morgan fingerprint density at radius 3 is 2.89 bits per heavy atom. The third-order valence-electron chi connectivity index (χ3n) is 4.90. The fourth-order valence-corrected chi connectivity index (χ4v) is 4.13. The van der Waals surface area contributed by atoms with Gasteiger partial charge in [-0.2, -0.15) is 0 Å². The van der Waals surface area contributed by atoms with Crippen molar-refractivity contribution in [3.63, 3.8) is 0 Å². The minimum Gasteiger partial charge on any atom is -0.507 e. The van der Waals surface area contributed by atoms with Gasteiger partial charge in [0.15, 0.2) is 11.5 Å². The van der Waals surface area contributed by atoms with Gasteiger partial charge in [0.1, 0.15) is 11.8 Å². The summed E-state index contributed by atoms with van der Waals surface area (Å²) < 4.78 is 11.5. The Kier molecular flexibility index (Phi) is 5.13. The molecule has 0 spiro atoms. The van der Waals surface area contributed by atoms with E-state index in [4.69, 9.17) is 9.47 Å².